The van der Waals surface area contributed by atoms with Crippen LogP contribution >= 0.6 is 0 Å². The molecule has 0 saturated heterocycles. The van der Waals surface area contributed by atoms with E-state index in [4.69, 9.17) is 0 Å². The number of nitriles is 1. The van der Waals surface area contributed by atoms with E-state index in [0.717, 1.165) is 44.0 Å². The molecule has 6 heteroatoms. The molecule has 0 spiro atoms. The maximum absolute atomic E-state index is 13.5. The van der Waals surface area contributed by atoms with Gasteiger partial charge in [0.1, 0.15) is 12.4 Å². The van der Waals surface area contributed by atoms with Gasteiger partial charge >= 0.3 is 0 Å². The van der Waals surface area contributed by atoms with E-state index in [-0.39, 0.29) is 33.5 Å². The second-order valence-corrected chi connectivity index (χ2v) is 14.5. The molecule has 2 fully saturated rings. The summed E-state index contributed by atoms with van der Waals surface area (Å²) >= 11 is 0. The molecular formula is C31H45FN2O3. The summed E-state index contributed by atoms with van der Waals surface area (Å²) in [5.41, 5.74) is -0.0414. The Morgan fingerprint density at radius 3 is 2.22 bits per heavy atom. The highest BCUT2D eigenvalue weighted by Gasteiger charge is 2.62. The van der Waals surface area contributed by atoms with Gasteiger partial charge in [-0.2, -0.15) is 10.8 Å². The smallest absolute Gasteiger partial charge is 0.253 e. The summed E-state index contributed by atoms with van der Waals surface area (Å²) in [6.07, 6.45) is 10.0. The van der Waals surface area contributed by atoms with E-state index >= 15 is 0 Å². The Hall–Kier alpha value is -2.29. The zero-order valence-corrected chi connectivity index (χ0v) is 24.0. The molecule has 204 valence electrons. The molecule has 1 amide bonds. The number of amides is 1. The third-order valence-corrected chi connectivity index (χ3v) is 10.9. The Balaban J connectivity index is 2.04. The van der Waals surface area contributed by atoms with Crippen LogP contribution in [0.3, 0.4) is 0 Å². The number of aldehydes is 1. The van der Waals surface area contributed by atoms with Crippen molar-refractivity contribution in [2.75, 3.05) is 0 Å². The quantitative estimate of drug-likeness (QED) is 0.244. The van der Waals surface area contributed by atoms with E-state index in [0.29, 0.717) is 19.3 Å². The van der Waals surface area contributed by atoms with E-state index in [9.17, 15) is 24.1 Å². The molecule has 0 aliphatic heterocycles. The molecular weight excluding hydrogens is 467 g/mol. The highest BCUT2D eigenvalue weighted by Crippen LogP contribution is 2.69. The second kappa shape index (κ2) is 9.47. The topological polar surface area (TPSA) is 87.0 Å². The predicted molar refractivity (Wildman–Crippen MR) is 143 cm³/mol. The van der Waals surface area contributed by atoms with Gasteiger partial charge in [0.15, 0.2) is 5.78 Å². The van der Waals surface area contributed by atoms with Crippen molar-refractivity contribution in [1.29, 1.82) is 5.26 Å². The lowest BCUT2D eigenvalue weighted by atomic mass is 9.40. The van der Waals surface area contributed by atoms with Crippen LogP contribution in [0.5, 0.6) is 0 Å². The number of Topliss-reactive ketones (excluding diaryl/α,β-unsaturated/α-hetero) is 1. The zero-order valence-electron chi connectivity index (χ0n) is 24.0. The number of nitrogens with one attached hydrogen (secondary N) is 1. The predicted octanol–water partition coefficient (Wildman–Crippen LogP) is 6.99. The van der Waals surface area contributed by atoms with Gasteiger partial charge in [-0.05, 0) is 79.6 Å². The van der Waals surface area contributed by atoms with Crippen molar-refractivity contribution in [2.45, 2.75) is 107 Å². The average molecular weight is 513 g/mol. The van der Waals surface area contributed by atoms with Crippen LogP contribution in [0.2, 0.25) is 0 Å². The largest absolute Gasteiger partial charge is 0.299 e. The summed E-state index contributed by atoms with van der Waals surface area (Å²) in [6.45, 7) is 16.8. The highest BCUT2D eigenvalue weighted by molar-refractivity contribution is 6.04. The Bertz CT molecular complexity index is 1060. The number of ketones is 1. The van der Waals surface area contributed by atoms with Gasteiger partial charge in [-0.25, -0.2) is 0 Å². The van der Waals surface area contributed by atoms with Gasteiger partial charge in [-0.1, -0.05) is 67.0 Å². The van der Waals surface area contributed by atoms with Crippen LogP contribution in [0.15, 0.2) is 23.3 Å². The molecule has 0 aromatic rings. The van der Waals surface area contributed by atoms with Gasteiger partial charge in [0.2, 0.25) is 0 Å². The Morgan fingerprint density at radius 2 is 1.73 bits per heavy atom. The van der Waals surface area contributed by atoms with Gasteiger partial charge in [-0.3, -0.25) is 14.4 Å². The standard InChI is InChI=1S/C31H45FN2O3/c1-26(2,3)12-15-31(25(37)34-32)16-13-28(6,14-17-31)30(8)11-9-22-27(4,5)24(36)21(20-33)19-29(22,7)23(30)10-18-35/h10,18-19,22H,9,11-17H2,1-8H3,(H,34,37)/b23-10-. The first kappa shape index (κ1) is 29.3. The molecule has 2 saturated carbocycles. The molecule has 3 rings (SSSR count). The van der Waals surface area contributed by atoms with Gasteiger partial charge in [0, 0.05) is 10.8 Å². The molecule has 3 aliphatic rings. The minimum absolute atomic E-state index is 0.0285. The number of allylic oxidation sites excluding steroid dienone is 4. The monoisotopic (exact) mass is 512 g/mol. The van der Waals surface area contributed by atoms with Crippen molar-refractivity contribution >= 4 is 18.0 Å². The molecule has 5 nitrogen and oxygen atoms in total. The first-order valence-electron chi connectivity index (χ1n) is 13.7. The summed E-state index contributed by atoms with van der Waals surface area (Å²) in [7, 11) is 0. The Kier molecular flexibility index (Phi) is 7.49. The normalized spacial score (nSPS) is 38.8. The number of nitrogens with zero attached hydrogens (tertiary/aromatic N) is 1. The Labute approximate surface area is 222 Å². The third kappa shape index (κ3) is 4.61. The first-order valence-corrected chi connectivity index (χ1v) is 13.7. The van der Waals surface area contributed by atoms with E-state index in [1.54, 1.807) is 6.08 Å². The maximum atomic E-state index is 13.5. The Morgan fingerprint density at radius 1 is 1.14 bits per heavy atom. The highest BCUT2D eigenvalue weighted by atomic mass is 19.2. The lowest BCUT2D eigenvalue weighted by molar-refractivity contribution is -0.143. The van der Waals surface area contributed by atoms with Crippen molar-refractivity contribution in [3.05, 3.63) is 23.3 Å². The van der Waals surface area contributed by atoms with E-state index in [2.05, 4.69) is 47.6 Å². The van der Waals surface area contributed by atoms with Crippen LogP contribution in [0.25, 0.3) is 0 Å². The van der Waals surface area contributed by atoms with E-state index in [1.807, 2.05) is 19.9 Å². The van der Waals surface area contributed by atoms with Crippen molar-refractivity contribution in [3.63, 3.8) is 0 Å². The lowest BCUT2D eigenvalue weighted by Gasteiger charge is -2.63. The number of carbonyl (C=O) groups excluding carboxylic acids is 3. The fraction of sp³-hybridized carbons (Fsp3) is 0.742. The molecule has 3 atom stereocenters. The average Bonchev–Trinajstić information content (AvgIpc) is 2.82. The molecule has 1 N–H and O–H groups in total. The van der Waals surface area contributed by atoms with Crippen molar-refractivity contribution in [2.24, 2.45) is 38.4 Å². The molecule has 0 bridgehead atoms. The number of rotatable bonds is 5. The third-order valence-electron chi connectivity index (χ3n) is 10.9. The maximum Gasteiger partial charge on any atom is 0.253 e. The van der Waals surface area contributed by atoms with Crippen LogP contribution in [0, 0.1) is 49.7 Å². The number of halogens is 1. The molecule has 0 heterocycles. The van der Waals surface area contributed by atoms with Gasteiger partial charge in [-0.15, -0.1) is 4.48 Å². The fourth-order valence-corrected chi connectivity index (χ4v) is 8.09. The fourth-order valence-electron chi connectivity index (χ4n) is 8.09. The summed E-state index contributed by atoms with van der Waals surface area (Å²) in [5.74, 6) is -0.673. The summed E-state index contributed by atoms with van der Waals surface area (Å²) in [4.78, 5) is 38.0. The van der Waals surface area contributed by atoms with E-state index < -0.39 is 22.2 Å². The molecule has 3 aliphatic carbocycles. The number of fused-ring (bicyclic) bond motifs is 1. The summed E-state index contributed by atoms with van der Waals surface area (Å²) < 4.78 is 13.5. The summed E-state index contributed by atoms with van der Waals surface area (Å²) in [6, 6.07) is 2.12. The number of hydrogen-bond acceptors (Lipinski definition) is 4. The molecule has 0 radical (unpaired) electrons. The van der Waals surface area contributed by atoms with Crippen molar-refractivity contribution < 1.29 is 18.9 Å². The number of carbonyl (C=O) groups is 3. The van der Waals surface area contributed by atoms with Crippen molar-refractivity contribution in [1.82, 2.24) is 5.54 Å². The first-order chi connectivity index (χ1) is 17.0. The molecule has 0 aromatic carbocycles. The van der Waals surface area contributed by atoms with Crippen LogP contribution < -0.4 is 5.54 Å². The molecule has 37 heavy (non-hydrogen) atoms. The zero-order chi connectivity index (χ0) is 28.1. The second-order valence-electron chi connectivity index (χ2n) is 14.5. The minimum Gasteiger partial charge on any atom is -0.299 e. The van der Waals surface area contributed by atoms with Crippen molar-refractivity contribution in [3.8, 4) is 6.07 Å². The van der Waals surface area contributed by atoms with Gasteiger partial charge in [0.05, 0.1) is 11.0 Å². The van der Waals surface area contributed by atoms with Crippen LogP contribution in [0.4, 0.5) is 4.48 Å². The van der Waals surface area contributed by atoms with Crippen LogP contribution in [-0.2, 0) is 14.4 Å². The molecule has 3 unspecified atom stereocenters. The van der Waals surface area contributed by atoms with Crippen LogP contribution in [0.1, 0.15) is 107 Å². The lowest BCUT2D eigenvalue weighted by Crippen LogP contribution is -2.57. The summed E-state index contributed by atoms with van der Waals surface area (Å²) in [5, 5.41) is 9.79. The minimum atomic E-state index is -0.735. The number of hydrogen-bond donors (Lipinski definition) is 1. The SMILES string of the molecule is CC(C)(C)CCC1(C(=O)NF)CCC(C)(C2(C)CCC3C(C)(C)C(=O)C(C#N)=CC3(C)/C2=C/C=O)CC1. The van der Waals surface area contributed by atoms with Crippen LogP contribution in [-0.4, -0.2) is 18.0 Å². The van der Waals surface area contributed by atoms with Gasteiger partial charge in [0.25, 0.3) is 5.91 Å². The van der Waals surface area contributed by atoms with Gasteiger partial charge < -0.3 is 0 Å². The molecule has 0 aromatic heterocycles. The van der Waals surface area contributed by atoms with E-state index in [1.165, 1.54) is 5.54 Å².